The molecule has 2 heteroatoms. The highest BCUT2D eigenvalue weighted by Gasteiger charge is 2.07. The molecule has 0 unspecified atom stereocenters. The second-order valence-electron chi connectivity index (χ2n) is 7.96. The fraction of sp³-hybridized carbons (Fsp3) is 0.357. The molecule has 0 aliphatic heterocycles. The Morgan fingerprint density at radius 3 is 1.93 bits per heavy atom. The van der Waals surface area contributed by atoms with Crippen molar-refractivity contribution >= 4 is 0 Å². The van der Waals surface area contributed by atoms with Crippen LogP contribution in [-0.2, 0) is 19.3 Å². The molecular weight excluding hydrogens is 371 g/mol. The number of hydrogen-bond donors (Lipinski definition) is 0. The minimum atomic E-state index is -0.166. The third kappa shape index (κ3) is 6.45. The summed E-state index contributed by atoms with van der Waals surface area (Å²) < 4.78 is 20.3. The Kier molecular flexibility index (Phi) is 8.50. The molecule has 0 amide bonds. The highest BCUT2D eigenvalue weighted by molar-refractivity contribution is 5.65. The van der Waals surface area contributed by atoms with Gasteiger partial charge >= 0.3 is 0 Å². The van der Waals surface area contributed by atoms with Crippen LogP contribution in [0.2, 0.25) is 0 Å². The van der Waals surface area contributed by atoms with Crippen LogP contribution < -0.4 is 4.74 Å². The fourth-order valence-electron chi connectivity index (χ4n) is 3.64. The van der Waals surface area contributed by atoms with Gasteiger partial charge in [0, 0.05) is 5.56 Å². The Morgan fingerprint density at radius 1 is 0.667 bits per heavy atom. The average molecular weight is 405 g/mol. The lowest BCUT2D eigenvalue weighted by molar-refractivity contribution is 0.317. The molecular formula is C28H33FO. The first kappa shape index (κ1) is 22.1. The molecule has 0 N–H and O–H groups in total. The molecule has 0 saturated heterocycles. The van der Waals surface area contributed by atoms with Gasteiger partial charge in [0.15, 0.2) is 0 Å². The summed E-state index contributed by atoms with van der Waals surface area (Å²) in [5, 5.41) is 0. The van der Waals surface area contributed by atoms with Crippen LogP contribution in [0.5, 0.6) is 5.75 Å². The van der Waals surface area contributed by atoms with Gasteiger partial charge in [0.25, 0.3) is 0 Å². The molecule has 3 rings (SSSR count). The molecule has 0 saturated carbocycles. The van der Waals surface area contributed by atoms with Gasteiger partial charge in [0.05, 0.1) is 6.61 Å². The zero-order chi connectivity index (χ0) is 21.2. The lowest BCUT2D eigenvalue weighted by Gasteiger charge is -2.09. The van der Waals surface area contributed by atoms with Gasteiger partial charge < -0.3 is 4.74 Å². The number of rotatable bonds is 11. The SMILES string of the molecule is CCCCCc1ccc(CCc2ccc(-c3ccc(OCCC)cc3)c(F)c2)cc1. The Hall–Kier alpha value is -2.61. The zero-order valence-corrected chi connectivity index (χ0v) is 18.3. The number of hydrogen-bond acceptors (Lipinski definition) is 1. The molecule has 30 heavy (non-hydrogen) atoms. The number of ether oxygens (including phenoxy) is 1. The van der Waals surface area contributed by atoms with Gasteiger partial charge in [-0.1, -0.05) is 75.2 Å². The van der Waals surface area contributed by atoms with E-state index in [1.807, 2.05) is 36.4 Å². The first-order chi connectivity index (χ1) is 14.7. The maximum absolute atomic E-state index is 14.7. The third-order valence-electron chi connectivity index (χ3n) is 5.47. The van der Waals surface area contributed by atoms with Gasteiger partial charge in [0.2, 0.25) is 0 Å². The zero-order valence-electron chi connectivity index (χ0n) is 18.3. The largest absolute Gasteiger partial charge is 0.494 e. The monoisotopic (exact) mass is 404 g/mol. The van der Waals surface area contributed by atoms with E-state index in [-0.39, 0.29) is 5.82 Å². The summed E-state index contributed by atoms with van der Waals surface area (Å²) in [5.74, 6) is 0.662. The Morgan fingerprint density at radius 2 is 1.30 bits per heavy atom. The predicted molar refractivity (Wildman–Crippen MR) is 125 cm³/mol. The molecule has 0 radical (unpaired) electrons. The summed E-state index contributed by atoms with van der Waals surface area (Å²) in [6.07, 6.45) is 7.71. The molecule has 3 aromatic carbocycles. The molecule has 0 aliphatic rings. The third-order valence-corrected chi connectivity index (χ3v) is 5.47. The van der Waals surface area contributed by atoms with Gasteiger partial charge in [0.1, 0.15) is 11.6 Å². The van der Waals surface area contributed by atoms with Gasteiger partial charge in [-0.2, -0.15) is 0 Å². The van der Waals surface area contributed by atoms with Gasteiger partial charge in [-0.05, 0) is 72.6 Å². The molecule has 0 aromatic heterocycles. The van der Waals surface area contributed by atoms with E-state index in [1.165, 1.54) is 30.4 Å². The van der Waals surface area contributed by atoms with Crippen molar-refractivity contribution in [3.63, 3.8) is 0 Å². The van der Waals surface area contributed by atoms with Crippen LogP contribution in [0.15, 0.2) is 66.7 Å². The van der Waals surface area contributed by atoms with Crippen LogP contribution in [0.4, 0.5) is 4.39 Å². The Balaban J connectivity index is 1.57. The first-order valence-corrected chi connectivity index (χ1v) is 11.3. The molecule has 0 aliphatic carbocycles. The highest BCUT2D eigenvalue weighted by Crippen LogP contribution is 2.26. The minimum absolute atomic E-state index is 0.166. The Labute approximate surface area is 180 Å². The molecule has 0 bridgehead atoms. The fourth-order valence-corrected chi connectivity index (χ4v) is 3.64. The van der Waals surface area contributed by atoms with Gasteiger partial charge in [-0.15, -0.1) is 0 Å². The van der Waals surface area contributed by atoms with Crippen LogP contribution in [0.3, 0.4) is 0 Å². The first-order valence-electron chi connectivity index (χ1n) is 11.3. The molecule has 0 heterocycles. The number of aryl methyl sites for hydroxylation is 3. The van der Waals surface area contributed by atoms with Crippen molar-refractivity contribution in [3.05, 3.63) is 89.2 Å². The standard InChI is InChI=1S/C28H33FO/c1-3-5-6-7-22-8-10-23(11-9-22)12-13-24-14-19-27(28(29)21-24)25-15-17-26(18-16-25)30-20-4-2/h8-11,14-19,21H,3-7,12-13,20H2,1-2H3. The summed E-state index contributed by atoms with van der Waals surface area (Å²) >= 11 is 0. The molecule has 1 nitrogen and oxygen atoms in total. The van der Waals surface area contributed by atoms with Crippen LogP contribution >= 0.6 is 0 Å². The summed E-state index contributed by atoms with van der Waals surface area (Å²) in [5.41, 5.74) is 5.26. The quantitative estimate of drug-likeness (QED) is 0.296. The summed E-state index contributed by atoms with van der Waals surface area (Å²) in [6.45, 7) is 5.01. The van der Waals surface area contributed by atoms with Crippen LogP contribution in [0, 0.1) is 5.82 Å². The average Bonchev–Trinajstić information content (AvgIpc) is 2.78. The summed E-state index contributed by atoms with van der Waals surface area (Å²) in [7, 11) is 0. The minimum Gasteiger partial charge on any atom is -0.494 e. The maximum atomic E-state index is 14.7. The second-order valence-corrected chi connectivity index (χ2v) is 7.96. The van der Waals surface area contributed by atoms with Crippen molar-refractivity contribution in [2.45, 2.75) is 58.8 Å². The summed E-state index contributed by atoms with van der Waals surface area (Å²) in [4.78, 5) is 0. The van der Waals surface area contributed by atoms with Crippen LogP contribution in [0.1, 0.15) is 56.2 Å². The molecule has 3 aromatic rings. The lowest BCUT2D eigenvalue weighted by Crippen LogP contribution is -1.95. The van der Waals surface area contributed by atoms with E-state index in [0.29, 0.717) is 12.2 Å². The molecule has 0 spiro atoms. The van der Waals surface area contributed by atoms with Crippen molar-refractivity contribution in [1.82, 2.24) is 0 Å². The van der Waals surface area contributed by atoms with E-state index in [4.69, 9.17) is 4.74 Å². The topological polar surface area (TPSA) is 9.23 Å². The van der Waals surface area contributed by atoms with E-state index < -0.39 is 0 Å². The van der Waals surface area contributed by atoms with Gasteiger partial charge in [-0.25, -0.2) is 4.39 Å². The van der Waals surface area contributed by atoms with Crippen molar-refractivity contribution in [2.24, 2.45) is 0 Å². The maximum Gasteiger partial charge on any atom is 0.131 e. The Bertz CT molecular complexity index is 897. The number of benzene rings is 3. The predicted octanol–water partition coefficient (Wildman–Crippen LogP) is 7.80. The lowest BCUT2D eigenvalue weighted by atomic mass is 9.98. The number of unbranched alkanes of at least 4 members (excludes halogenated alkanes) is 2. The van der Waals surface area contributed by atoms with E-state index in [0.717, 1.165) is 42.6 Å². The van der Waals surface area contributed by atoms with Crippen molar-refractivity contribution in [1.29, 1.82) is 0 Å². The second kappa shape index (κ2) is 11.5. The van der Waals surface area contributed by atoms with Crippen LogP contribution in [-0.4, -0.2) is 6.61 Å². The van der Waals surface area contributed by atoms with E-state index >= 15 is 0 Å². The van der Waals surface area contributed by atoms with Crippen molar-refractivity contribution in [3.8, 4) is 16.9 Å². The van der Waals surface area contributed by atoms with E-state index in [9.17, 15) is 4.39 Å². The summed E-state index contributed by atoms with van der Waals surface area (Å²) in [6, 6.07) is 22.2. The van der Waals surface area contributed by atoms with Crippen LogP contribution in [0.25, 0.3) is 11.1 Å². The van der Waals surface area contributed by atoms with Gasteiger partial charge in [-0.3, -0.25) is 0 Å². The molecule has 0 fully saturated rings. The number of halogens is 1. The van der Waals surface area contributed by atoms with E-state index in [1.54, 1.807) is 6.07 Å². The van der Waals surface area contributed by atoms with Crippen molar-refractivity contribution in [2.75, 3.05) is 6.61 Å². The normalized spacial score (nSPS) is 10.9. The van der Waals surface area contributed by atoms with Crippen molar-refractivity contribution < 1.29 is 9.13 Å². The van der Waals surface area contributed by atoms with E-state index in [2.05, 4.69) is 38.1 Å². The molecule has 158 valence electrons. The highest BCUT2D eigenvalue weighted by atomic mass is 19.1. The molecule has 0 atom stereocenters. The smallest absolute Gasteiger partial charge is 0.131 e.